The molecule has 0 aromatic heterocycles. The fourth-order valence-electron chi connectivity index (χ4n) is 4.28. The Hall–Kier alpha value is -2.32. The summed E-state index contributed by atoms with van der Waals surface area (Å²) in [5.41, 5.74) is 2.83. The molecule has 0 fully saturated rings. The molecule has 0 saturated heterocycles. The predicted molar refractivity (Wildman–Crippen MR) is 128 cm³/mol. The summed E-state index contributed by atoms with van der Waals surface area (Å²) in [5.74, 6) is 3.98. The minimum absolute atomic E-state index is 0.0451. The molecule has 178 valence electrons. The van der Waals surface area contributed by atoms with Crippen molar-refractivity contribution in [2.24, 2.45) is 11.8 Å². The van der Waals surface area contributed by atoms with Gasteiger partial charge in [-0.3, -0.25) is 4.79 Å². The van der Waals surface area contributed by atoms with E-state index in [4.69, 9.17) is 29.1 Å². The molecule has 2 aromatic carbocycles. The number of amides is 1. The van der Waals surface area contributed by atoms with E-state index in [-0.39, 0.29) is 24.1 Å². The molecule has 1 aliphatic rings. The number of phenols is 1. The van der Waals surface area contributed by atoms with Gasteiger partial charge in [0.15, 0.2) is 0 Å². The summed E-state index contributed by atoms with van der Waals surface area (Å²) in [6.45, 7) is 2.14. The van der Waals surface area contributed by atoms with Crippen LogP contribution in [0.5, 0.6) is 5.75 Å². The second-order valence-corrected chi connectivity index (χ2v) is 9.16. The van der Waals surface area contributed by atoms with Crippen molar-refractivity contribution in [1.82, 2.24) is 10.6 Å². The van der Waals surface area contributed by atoms with Crippen molar-refractivity contribution in [3.63, 3.8) is 0 Å². The van der Waals surface area contributed by atoms with Crippen LogP contribution in [-0.4, -0.2) is 29.1 Å². The van der Waals surface area contributed by atoms with E-state index in [1.807, 2.05) is 19.1 Å². The van der Waals surface area contributed by atoms with E-state index < -0.39 is 18.1 Å². The standard InChI is InChI=1S/C24H29Cl2N3O4/c1-2-3-8-20(24(32)33-27)29-23(31)22(16-9-14-6-4-5-7-15(14)10-16)28-13-18-19(26)11-17(25)12-21(18)30/h4-7,11-12,16,20,22,28,30H,2-3,8-10,13,27H2,1H3,(H,29,31)/t20-,22?/m1/s1. The molecule has 0 bridgehead atoms. The van der Waals surface area contributed by atoms with Crippen LogP contribution >= 0.6 is 23.2 Å². The number of nitrogens with two attached hydrogens (primary N) is 1. The summed E-state index contributed by atoms with van der Waals surface area (Å²) in [6, 6.07) is 9.55. The highest BCUT2D eigenvalue weighted by Crippen LogP contribution is 2.32. The van der Waals surface area contributed by atoms with Gasteiger partial charge in [0.25, 0.3) is 0 Å². The lowest BCUT2D eigenvalue weighted by molar-refractivity contribution is -0.149. The zero-order valence-corrected chi connectivity index (χ0v) is 20.0. The summed E-state index contributed by atoms with van der Waals surface area (Å²) in [5, 5.41) is 17.0. The largest absolute Gasteiger partial charge is 0.508 e. The first-order chi connectivity index (χ1) is 15.8. The Morgan fingerprint density at radius 2 is 1.88 bits per heavy atom. The first-order valence-corrected chi connectivity index (χ1v) is 11.8. The van der Waals surface area contributed by atoms with Gasteiger partial charge in [0.05, 0.1) is 11.1 Å². The van der Waals surface area contributed by atoms with Gasteiger partial charge in [0.1, 0.15) is 11.8 Å². The second-order valence-electron chi connectivity index (χ2n) is 8.32. The lowest BCUT2D eigenvalue weighted by Gasteiger charge is -2.26. The van der Waals surface area contributed by atoms with Crippen molar-refractivity contribution in [3.05, 3.63) is 63.1 Å². The zero-order valence-electron chi connectivity index (χ0n) is 18.4. The lowest BCUT2D eigenvalue weighted by atomic mass is 9.94. The monoisotopic (exact) mass is 493 g/mol. The minimum Gasteiger partial charge on any atom is -0.508 e. The van der Waals surface area contributed by atoms with E-state index >= 15 is 0 Å². The predicted octanol–water partition coefficient (Wildman–Crippen LogP) is 3.66. The van der Waals surface area contributed by atoms with Crippen LogP contribution in [-0.2, 0) is 33.8 Å². The van der Waals surface area contributed by atoms with E-state index in [2.05, 4.69) is 27.6 Å². The maximum absolute atomic E-state index is 13.4. The van der Waals surface area contributed by atoms with Gasteiger partial charge < -0.3 is 20.6 Å². The Morgan fingerprint density at radius 3 is 2.45 bits per heavy atom. The van der Waals surface area contributed by atoms with E-state index in [9.17, 15) is 14.7 Å². The lowest BCUT2D eigenvalue weighted by Crippen LogP contribution is -2.53. The molecule has 9 heteroatoms. The van der Waals surface area contributed by atoms with Gasteiger partial charge in [-0.25, -0.2) is 4.79 Å². The molecule has 0 heterocycles. The maximum Gasteiger partial charge on any atom is 0.347 e. The molecule has 1 unspecified atom stereocenters. The van der Waals surface area contributed by atoms with Crippen LogP contribution in [0.2, 0.25) is 10.0 Å². The minimum atomic E-state index is -0.831. The third-order valence-corrected chi connectivity index (χ3v) is 6.59. The summed E-state index contributed by atoms with van der Waals surface area (Å²) in [4.78, 5) is 29.9. The summed E-state index contributed by atoms with van der Waals surface area (Å²) < 4.78 is 0. The summed E-state index contributed by atoms with van der Waals surface area (Å²) in [7, 11) is 0. The highest BCUT2D eigenvalue weighted by Gasteiger charge is 2.35. The van der Waals surface area contributed by atoms with E-state index in [1.54, 1.807) is 6.07 Å². The Bertz CT molecular complexity index is 953. The van der Waals surface area contributed by atoms with E-state index in [0.717, 1.165) is 12.8 Å². The summed E-state index contributed by atoms with van der Waals surface area (Å²) >= 11 is 12.2. The van der Waals surface area contributed by atoms with E-state index in [0.29, 0.717) is 34.9 Å². The number of halogens is 2. The molecule has 0 radical (unpaired) electrons. The molecular weight excluding hydrogens is 465 g/mol. The zero-order chi connectivity index (χ0) is 24.0. The number of hydrogen-bond donors (Lipinski definition) is 4. The molecular formula is C24H29Cl2N3O4. The van der Waals surface area contributed by atoms with Crippen LogP contribution in [0.1, 0.15) is 42.9 Å². The quantitative estimate of drug-likeness (QED) is 0.375. The Balaban J connectivity index is 1.81. The number of benzene rings is 2. The number of hydrogen-bond acceptors (Lipinski definition) is 6. The third-order valence-electron chi connectivity index (χ3n) is 6.04. The number of carbonyl (C=O) groups is 2. The number of phenolic OH excluding ortho intramolecular Hbond substituents is 1. The van der Waals surface area contributed by atoms with Crippen molar-refractivity contribution in [1.29, 1.82) is 0 Å². The van der Waals surface area contributed by atoms with Crippen molar-refractivity contribution in [2.45, 2.75) is 57.7 Å². The van der Waals surface area contributed by atoms with Crippen LogP contribution in [0.15, 0.2) is 36.4 Å². The molecule has 0 spiro atoms. The topological polar surface area (TPSA) is 114 Å². The average molecular weight is 494 g/mol. The number of carbonyl (C=O) groups excluding carboxylic acids is 2. The highest BCUT2D eigenvalue weighted by atomic mass is 35.5. The van der Waals surface area contributed by atoms with Gasteiger partial charge in [-0.1, -0.05) is 67.2 Å². The SMILES string of the molecule is CCCC[C@@H](NC(=O)C(NCc1c(O)cc(Cl)cc1Cl)C1Cc2ccccc2C1)C(=O)ON. The third kappa shape index (κ3) is 6.38. The van der Waals surface area contributed by atoms with Gasteiger partial charge in [0, 0.05) is 17.1 Å². The van der Waals surface area contributed by atoms with Crippen molar-refractivity contribution in [2.75, 3.05) is 0 Å². The van der Waals surface area contributed by atoms with Crippen LogP contribution in [0.4, 0.5) is 0 Å². The Morgan fingerprint density at radius 1 is 1.21 bits per heavy atom. The normalized spacial score (nSPS) is 15.0. The molecule has 7 nitrogen and oxygen atoms in total. The molecule has 5 N–H and O–H groups in total. The molecule has 1 aliphatic carbocycles. The van der Waals surface area contributed by atoms with Crippen LogP contribution in [0.3, 0.4) is 0 Å². The molecule has 1 amide bonds. The molecule has 3 rings (SSSR count). The highest BCUT2D eigenvalue weighted by molar-refractivity contribution is 6.35. The smallest absolute Gasteiger partial charge is 0.347 e. The summed E-state index contributed by atoms with van der Waals surface area (Å²) in [6.07, 6.45) is 3.45. The Labute approximate surface area is 203 Å². The van der Waals surface area contributed by atoms with Gasteiger partial charge >= 0.3 is 5.97 Å². The molecule has 33 heavy (non-hydrogen) atoms. The first kappa shape index (κ1) is 25.3. The number of fused-ring (bicyclic) bond motifs is 1. The molecule has 2 atom stereocenters. The van der Waals surface area contributed by atoms with Crippen LogP contribution in [0, 0.1) is 5.92 Å². The molecule has 0 saturated carbocycles. The molecule has 0 aliphatic heterocycles. The van der Waals surface area contributed by atoms with Crippen molar-refractivity contribution >= 4 is 35.1 Å². The number of nitrogens with one attached hydrogen (secondary N) is 2. The van der Waals surface area contributed by atoms with Crippen molar-refractivity contribution in [3.8, 4) is 5.75 Å². The van der Waals surface area contributed by atoms with Crippen molar-refractivity contribution < 1.29 is 19.5 Å². The van der Waals surface area contributed by atoms with Gasteiger partial charge in [0.2, 0.25) is 5.91 Å². The first-order valence-electron chi connectivity index (χ1n) is 11.0. The Kier molecular flexibility index (Phi) is 8.97. The van der Waals surface area contributed by atoms with Gasteiger partial charge in [-0.05, 0) is 48.4 Å². The fraction of sp³-hybridized carbons (Fsp3) is 0.417. The van der Waals surface area contributed by atoms with E-state index in [1.165, 1.54) is 17.2 Å². The number of unbranched alkanes of at least 4 members (excludes halogenated alkanes) is 1. The maximum atomic E-state index is 13.4. The number of rotatable bonds is 10. The fourth-order valence-corrected chi connectivity index (χ4v) is 4.83. The van der Waals surface area contributed by atoms with Crippen LogP contribution in [0.25, 0.3) is 0 Å². The van der Waals surface area contributed by atoms with Gasteiger partial charge in [-0.2, -0.15) is 5.90 Å². The second kappa shape index (κ2) is 11.7. The molecule has 2 aromatic rings. The van der Waals surface area contributed by atoms with Crippen LogP contribution < -0.4 is 16.5 Å². The number of aromatic hydroxyl groups is 1. The van der Waals surface area contributed by atoms with Gasteiger partial charge in [-0.15, -0.1) is 0 Å². The average Bonchev–Trinajstić information content (AvgIpc) is 3.21.